The maximum atomic E-state index is 10.1. The molecule has 0 aromatic heterocycles. The minimum absolute atomic E-state index is 0.0550. The van der Waals surface area contributed by atoms with Crippen molar-refractivity contribution in [1.82, 2.24) is 4.90 Å². The molecular formula is C14H29NO. The molecule has 16 heavy (non-hydrogen) atoms. The van der Waals surface area contributed by atoms with E-state index in [9.17, 15) is 5.11 Å². The summed E-state index contributed by atoms with van der Waals surface area (Å²) in [5, 5.41) is 10.1. The number of aliphatic hydroxyl groups is 1. The van der Waals surface area contributed by atoms with Gasteiger partial charge < -0.3 is 10.0 Å². The van der Waals surface area contributed by atoms with E-state index in [1.165, 1.54) is 38.6 Å². The van der Waals surface area contributed by atoms with Gasteiger partial charge in [-0.3, -0.25) is 0 Å². The second-order valence-corrected chi connectivity index (χ2v) is 5.55. The van der Waals surface area contributed by atoms with Gasteiger partial charge in [0.25, 0.3) is 0 Å². The molecule has 2 unspecified atom stereocenters. The summed E-state index contributed by atoms with van der Waals surface area (Å²) < 4.78 is 0. The lowest BCUT2D eigenvalue weighted by Crippen LogP contribution is -2.39. The van der Waals surface area contributed by atoms with Gasteiger partial charge in [0.05, 0.1) is 6.10 Å². The van der Waals surface area contributed by atoms with Crippen molar-refractivity contribution in [3.8, 4) is 0 Å². The smallest absolute Gasteiger partial charge is 0.0580 e. The summed E-state index contributed by atoms with van der Waals surface area (Å²) in [6.07, 6.45) is 7.22. The third-order valence-electron chi connectivity index (χ3n) is 3.83. The van der Waals surface area contributed by atoms with E-state index in [2.05, 4.69) is 25.7 Å². The Morgan fingerprint density at radius 1 is 1.19 bits per heavy atom. The molecule has 0 aromatic carbocycles. The van der Waals surface area contributed by atoms with E-state index in [0.717, 1.165) is 13.0 Å². The predicted octanol–water partition coefficient (Wildman–Crippen LogP) is 3.05. The van der Waals surface area contributed by atoms with Crippen LogP contribution in [0, 0.1) is 5.92 Å². The molecule has 0 bridgehead atoms. The molecule has 1 aliphatic rings. The van der Waals surface area contributed by atoms with E-state index in [4.69, 9.17) is 0 Å². The third-order valence-corrected chi connectivity index (χ3v) is 3.83. The Hall–Kier alpha value is -0.0800. The molecule has 0 aliphatic heterocycles. The highest BCUT2D eigenvalue weighted by Crippen LogP contribution is 2.24. The van der Waals surface area contributed by atoms with Crippen LogP contribution in [0.1, 0.15) is 59.3 Å². The highest BCUT2D eigenvalue weighted by molar-refractivity contribution is 4.77. The first kappa shape index (κ1) is 14.0. The van der Waals surface area contributed by atoms with E-state index >= 15 is 0 Å². The Balaban J connectivity index is 2.47. The first-order chi connectivity index (χ1) is 7.65. The Morgan fingerprint density at radius 2 is 1.88 bits per heavy atom. The van der Waals surface area contributed by atoms with Gasteiger partial charge in [0.1, 0.15) is 0 Å². The molecule has 1 N–H and O–H groups in total. The second kappa shape index (κ2) is 7.29. The van der Waals surface area contributed by atoms with Gasteiger partial charge in [0.15, 0.2) is 0 Å². The molecule has 0 heterocycles. The van der Waals surface area contributed by atoms with Crippen molar-refractivity contribution in [3.05, 3.63) is 0 Å². The predicted molar refractivity (Wildman–Crippen MR) is 69.6 cm³/mol. The standard InChI is InChI=1S/C14H29NO/c1-4-10-15(12(2)3)11-13-8-6-5-7-9-14(13)16/h12-14,16H,4-11H2,1-3H3. The van der Waals surface area contributed by atoms with Crippen LogP contribution in [0.15, 0.2) is 0 Å². The first-order valence-electron chi connectivity index (χ1n) is 7.07. The van der Waals surface area contributed by atoms with Crippen LogP contribution in [0.4, 0.5) is 0 Å². The van der Waals surface area contributed by atoms with Crippen LogP contribution in [0.5, 0.6) is 0 Å². The molecule has 1 saturated carbocycles. The third kappa shape index (κ3) is 4.42. The fraction of sp³-hybridized carbons (Fsp3) is 1.00. The quantitative estimate of drug-likeness (QED) is 0.730. The maximum Gasteiger partial charge on any atom is 0.0580 e. The molecule has 0 aromatic rings. The largest absolute Gasteiger partial charge is 0.393 e. The zero-order chi connectivity index (χ0) is 12.0. The van der Waals surface area contributed by atoms with Gasteiger partial charge in [-0.05, 0) is 45.6 Å². The monoisotopic (exact) mass is 227 g/mol. The highest BCUT2D eigenvalue weighted by atomic mass is 16.3. The SMILES string of the molecule is CCCN(CC1CCCCCC1O)C(C)C. The molecule has 1 rings (SSSR count). The number of hydrogen-bond donors (Lipinski definition) is 1. The van der Waals surface area contributed by atoms with Crippen molar-refractivity contribution < 1.29 is 5.11 Å². The van der Waals surface area contributed by atoms with Gasteiger partial charge >= 0.3 is 0 Å². The lowest BCUT2D eigenvalue weighted by Gasteiger charge is -2.32. The molecule has 0 amide bonds. The fourth-order valence-corrected chi connectivity index (χ4v) is 2.73. The van der Waals surface area contributed by atoms with E-state index in [1.54, 1.807) is 0 Å². The van der Waals surface area contributed by atoms with Gasteiger partial charge in [0.2, 0.25) is 0 Å². The summed E-state index contributed by atoms with van der Waals surface area (Å²) >= 11 is 0. The Morgan fingerprint density at radius 3 is 2.50 bits per heavy atom. The summed E-state index contributed by atoms with van der Waals surface area (Å²) in [5.74, 6) is 0.511. The molecule has 1 aliphatic carbocycles. The van der Waals surface area contributed by atoms with Crippen LogP contribution in [0.25, 0.3) is 0 Å². The molecule has 2 atom stereocenters. The van der Waals surface area contributed by atoms with Crippen molar-refractivity contribution in [3.63, 3.8) is 0 Å². The van der Waals surface area contributed by atoms with Crippen molar-refractivity contribution in [2.24, 2.45) is 5.92 Å². The summed E-state index contributed by atoms with van der Waals surface area (Å²) in [6.45, 7) is 9.02. The van der Waals surface area contributed by atoms with Gasteiger partial charge in [-0.25, -0.2) is 0 Å². The molecule has 0 spiro atoms. The summed E-state index contributed by atoms with van der Waals surface area (Å²) in [4.78, 5) is 2.53. The maximum absolute atomic E-state index is 10.1. The molecule has 96 valence electrons. The number of aliphatic hydroxyl groups excluding tert-OH is 1. The second-order valence-electron chi connectivity index (χ2n) is 5.55. The zero-order valence-corrected chi connectivity index (χ0v) is 11.3. The Kier molecular flexibility index (Phi) is 6.37. The van der Waals surface area contributed by atoms with Crippen molar-refractivity contribution in [2.75, 3.05) is 13.1 Å². The lowest BCUT2D eigenvalue weighted by molar-refractivity contribution is 0.0648. The van der Waals surface area contributed by atoms with Crippen LogP contribution in [0.3, 0.4) is 0 Å². The van der Waals surface area contributed by atoms with Gasteiger partial charge in [-0.15, -0.1) is 0 Å². The average Bonchev–Trinajstić information content (AvgIpc) is 2.43. The zero-order valence-electron chi connectivity index (χ0n) is 11.3. The molecule has 2 nitrogen and oxygen atoms in total. The Bertz CT molecular complexity index is 182. The molecular weight excluding hydrogens is 198 g/mol. The number of hydrogen-bond acceptors (Lipinski definition) is 2. The minimum Gasteiger partial charge on any atom is -0.393 e. The van der Waals surface area contributed by atoms with Crippen molar-refractivity contribution >= 4 is 0 Å². The molecule has 0 radical (unpaired) electrons. The first-order valence-corrected chi connectivity index (χ1v) is 7.07. The van der Waals surface area contributed by atoms with Gasteiger partial charge in [-0.2, -0.15) is 0 Å². The number of nitrogens with zero attached hydrogens (tertiary/aromatic N) is 1. The van der Waals surface area contributed by atoms with Gasteiger partial charge in [0, 0.05) is 12.6 Å². The topological polar surface area (TPSA) is 23.5 Å². The molecule has 1 fully saturated rings. The van der Waals surface area contributed by atoms with E-state index in [-0.39, 0.29) is 6.10 Å². The van der Waals surface area contributed by atoms with Crippen LogP contribution in [-0.4, -0.2) is 35.2 Å². The van der Waals surface area contributed by atoms with Crippen LogP contribution >= 0.6 is 0 Å². The fourth-order valence-electron chi connectivity index (χ4n) is 2.73. The molecule has 0 saturated heterocycles. The van der Waals surface area contributed by atoms with Crippen LogP contribution in [0.2, 0.25) is 0 Å². The Labute approximate surface area is 101 Å². The van der Waals surface area contributed by atoms with Crippen LogP contribution < -0.4 is 0 Å². The van der Waals surface area contributed by atoms with Gasteiger partial charge in [-0.1, -0.05) is 26.2 Å². The van der Waals surface area contributed by atoms with E-state index in [1.807, 2.05) is 0 Å². The summed E-state index contributed by atoms with van der Waals surface area (Å²) in [7, 11) is 0. The van der Waals surface area contributed by atoms with Crippen molar-refractivity contribution in [2.45, 2.75) is 71.4 Å². The average molecular weight is 227 g/mol. The minimum atomic E-state index is -0.0550. The van der Waals surface area contributed by atoms with E-state index in [0.29, 0.717) is 12.0 Å². The number of rotatable bonds is 5. The molecule has 2 heteroatoms. The van der Waals surface area contributed by atoms with E-state index < -0.39 is 0 Å². The van der Waals surface area contributed by atoms with Crippen molar-refractivity contribution in [1.29, 1.82) is 0 Å². The highest BCUT2D eigenvalue weighted by Gasteiger charge is 2.24. The summed E-state index contributed by atoms with van der Waals surface area (Å²) in [6, 6.07) is 0.607. The van der Waals surface area contributed by atoms with Crippen LogP contribution in [-0.2, 0) is 0 Å². The lowest BCUT2D eigenvalue weighted by atomic mass is 9.96. The summed E-state index contributed by atoms with van der Waals surface area (Å²) in [5.41, 5.74) is 0. The normalized spacial score (nSPS) is 27.4.